The van der Waals surface area contributed by atoms with Crippen LogP contribution in [0.3, 0.4) is 0 Å². The minimum Gasteiger partial charge on any atom is -0.324 e. The molecule has 2 N–H and O–H groups in total. The molecule has 1 saturated carbocycles. The monoisotopic (exact) mass is 313 g/mol. The van der Waals surface area contributed by atoms with E-state index in [1.807, 2.05) is 6.07 Å². The Bertz CT molecular complexity index is 407. The van der Waals surface area contributed by atoms with E-state index in [9.17, 15) is 4.39 Å². The lowest BCUT2D eigenvalue weighted by Gasteiger charge is -2.33. The summed E-state index contributed by atoms with van der Waals surface area (Å²) in [6, 6.07) is 4.85. The first-order valence-electron chi connectivity index (χ1n) is 6.82. The van der Waals surface area contributed by atoms with Crippen molar-refractivity contribution in [2.24, 2.45) is 17.6 Å². The Kier molecular flexibility index (Phi) is 4.79. The van der Waals surface area contributed by atoms with Gasteiger partial charge in [0.2, 0.25) is 0 Å². The molecular weight excluding hydrogens is 293 g/mol. The van der Waals surface area contributed by atoms with Crippen LogP contribution in [0.25, 0.3) is 0 Å². The Labute approximate surface area is 117 Å². The second-order valence-electron chi connectivity index (χ2n) is 5.39. The first-order valence-corrected chi connectivity index (χ1v) is 7.61. The predicted molar refractivity (Wildman–Crippen MR) is 76.8 cm³/mol. The van der Waals surface area contributed by atoms with E-state index < -0.39 is 0 Å². The van der Waals surface area contributed by atoms with Crippen LogP contribution in [0.5, 0.6) is 0 Å². The van der Waals surface area contributed by atoms with Crippen LogP contribution in [0.1, 0.15) is 50.6 Å². The van der Waals surface area contributed by atoms with Crippen LogP contribution in [-0.2, 0) is 0 Å². The van der Waals surface area contributed by atoms with Gasteiger partial charge in [-0.15, -0.1) is 0 Å². The number of hydrogen-bond donors (Lipinski definition) is 1. The first kappa shape index (κ1) is 14.0. The molecule has 0 spiro atoms. The number of nitrogens with two attached hydrogens (primary N) is 1. The zero-order valence-electron chi connectivity index (χ0n) is 10.8. The third kappa shape index (κ3) is 3.12. The quantitative estimate of drug-likeness (QED) is 0.852. The molecule has 1 fully saturated rings. The van der Waals surface area contributed by atoms with Gasteiger partial charge in [-0.1, -0.05) is 48.2 Å². The summed E-state index contributed by atoms with van der Waals surface area (Å²) in [6.07, 6.45) is 6.26. The van der Waals surface area contributed by atoms with E-state index in [0.717, 1.165) is 16.0 Å². The zero-order chi connectivity index (χ0) is 13.1. The van der Waals surface area contributed by atoms with E-state index in [1.165, 1.54) is 44.2 Å². The fraction of sp³-hybridized carbons (Fsp3) is 0.600. The normalized spacial score (nSPS) is 26.0. The molecule has 0 saturated heterocycles. The van der Waals surface area contributed by atoms with Gasteiger partial charge >= 0.3 is 0 Å². The lowest BCUT2D eigenvalue weighted by molar-refractivity contribution is 0.230. The van der Waals surface area contributed by atoms with Crippen LogP contribution in [0.4, 0.5) is 4.39 Å². The van der Waals surface area contributed by atoms with Gasteiger partial charge in [0, 0.05) is 10.5 Å². The van der Waals surface area contributed by atoms with Crippen LogP contribution >= 0.6 is 15.9 Å². The Balaban J connectivity index is 2.12. The van der Waals surface area contributed by atoms with Crippen molar-refractivity contribution in [3.05, 3.63) is 34.1 Å². The number of rotatable bonds is 3. The summed E-state index contributed by atoms with van der Waals surface area (Å²) in [6.45, 7) is 2.26. The van der Waals surface area contributed by atoms with Gasteiger partial charge in [0.25, 0.3) is 0 Å². The van der Waals surface area contributed by atoms with Crippen molar-refractivity contribution in [2.45, 2.75) is 45.1 Å². The topological polar surface area (TPSA) is 26.0 Å². The van der Waals surface area contributed by atoms with Crippen LogP contribution in [0.2, 0.25) is 0 Å². The van der Waals surface area contributed by atoms with Crippen molar-refractivity contribution in [1.82, 2.24) is 0 Å². The summed E-state index contributed by atoms with van der Waals surface area (Å²) in [5.41, 5.74) is 7.43. The minimum absolute atomic E-state index is 0.0225. The Morgan fingerprint density at radius 2 is 2.22 bits per heavy atom. The number of benzene rings is 1. The SMILES string of the molecule is CCC1CCCC(C(N)c2ccc(F)cc2Br)C1. The van der Waals surface area contributed by atoms with E-state index in [0.29, 0.717) is 5.92 Å². The summed E-state index contributed by atoms with van der Waals surface area (Å²) in [5, 5.41) is 0. The van der Waals surface area contributed by atoms with Crippen LogP contribution in [-0.4, -0.2) is 0 Å². The summed E-state index contributed by atoms with van der Waals surface area (Å²) in [5.74, 6) is 1.13. The molecule has 0 radical (unpaired) electrons. The third-order valence-corrected chi connectivity index (χ3v) is 4.92. The molecule has 0 heterocycles. The molecule has 1 nitrogen and oxygen atoms in total. The highest BCUT2D eigenvalue weighted by Gasteiger charge is 2.27. The molecule has 1 aromatic carbocycles. The zero-order valence-corrected chi connectivity index (χ0v) is 12.4. The van der Waals surface area contributed by atoms with Gasteiger partial charge in [0.1, 0.15) is 5.82 Å². The lowest BCUT2D eigenvalue weighted by atomic mass is 9.75. The van der Waals surface area contributed by atoms with E-state index in [4.69, 9.17) is 5.73 Å². The van der Waals surface area contributed by atoms with Crippen LogP contribution in [0, 0.1) is 17.7 Å². The molecule has 100 valence electrons. The summed E-state index contributed by atoms with van der Waals surface area (Å²) >= 11 is 3.43. The van der Waals surface area contributed by atoms with Crippen molar-refractivity contribution in [3.63, 3.8) is 0 Å². The molecule has 2 rings (SSSR count). The highest BCUT2D eigenvalue weighted by Crippen LogP contribution is 2.39. The third-order valence-electron chi connectivity index (χ3n) is 4.23. The molecule has 0 aliphatic heterocycles. The maximum absolute atomic E-state index is 13.1. The first-order chi connectivity index (χ1) is 8.61. The van der Waals surface area contributed by atoms with E-state index in [-0.39, 0.29) is 11.9 Å². The van der Waals surface area contributed by atoms with Crippen molar-refractivity contribution < 1.29 is 4.39 Å². The van der Waals surface area contributed by atoms with Gasteiger partial charge in [-0.3, -0.25) is 0 Å². The van der Waals surface area contributed by atoms with E-state index in [1.54, 1.807) is 0 Å². The molecule has 1 aliphatic rings. The van der Waals surface area contributed by atoms with Gasteiger partial charge in [-0.05, 0) is 42.4 Å². The molecule has 18 heavy (non-hydrogen) atoms. The molecule has 0 amide bonds. The predicted octanol–water partition coefficient (Wildman–Crippen LogP) is 4.80. The fourth-order valence-corrected chi connectivity index (χ4v) is 3.67. The van der Waals surface area contributed by atoms with Crippen molar-refractivity contribution in [3.8, 4) is 0 Å². The average Bonchev–Trinajstić information content (AvgIpc) is 2.38. The minimum atomic E-state index is -0.215. The second kappa shape index (κ2) is 6.16. The molecule has 0 aromatic heterocycles. The van der Waals surface area contributed by atoms with Crippen molar-refractivity contribution in [1.29, 1.82) is 0 Å². The fourth-order valence-electron chi connectivity index (χ4n) is 3.06. The van der Waals surface area contributed by atoms with E-state index >= 15 is 0 Å². The highest BCUT2D eigenvalue weighted by molar-refractivity contribution is 9.10. The molecule has 3 atom stereocenters. The largest absolute Gasteiger partial charge is 0.324 e. The van der Waals surface area contributed by atoms with Gasteiger partial charge in [0.15, 0.2) is 0 Å². The molecule has 0 bridgehead atoms. The van der Waals surface area contributed by atoms with Gasteiger partial charge in [-0.2, -0.15) is 0 Å². The lowest BCUT2D eigenvalue weighted by Crippen LogP contribution is -2.27. The van der Waals surface area contributed by atoms with E-state index in [2.05, 4.69) is 22.9 Å². The Morgan fingerprint density at radius 3 is 2.89 bits per heavy atom. The smallest absolute Gasteiger partial charge is 0.124 e. The average molecular weight is 314 g/mol. The maximum atomic E-state index is 13.1. The number of hydrogen-bond acceptors (Lipinski definition) is 1. The molecule has 1 aromatic rings. The summed E-state index contributed by atoms with van der Waals surface area (Å²) < 4.78 is 13.9. The molecule has 3 unspecified atom stereocenters. The summed E-state index contributed by atoms with van der Waals surface area (Å²) in [7, 11) is 0. The van der Waals surface area contributed by atoms with Gasteiger partial charge in [-0.25, -0.2) is 4.39 Å². The van der Waals surface area contributed by atoms with Crippen LogP contribution in [0.15, 0.2) is 22.7 Å². The maximum Gasteiger partial charge on any atom is 0.124 e. The Morgan fingerprint density at radius 1 is 1.44 bits per heavy atom. The van der Waals surface area contributed by atoms with Gasteiger partial charge < -0.3 is 5.73 Å². The molecule has 1 aliphatic carbocycles. The molecule has 3 heteroatoms. The standard InChI is InChI=1S/C15H21BrFN/c1-2-10-4-3-5-11(8-10)15(18)13-7-6-12(17)9-14(13)16/h6-7,9-11,15H,2-5,8,18H2,1H3. The van der Waals surface area contributed by atoms with Gasteiger partial charge in [0.05, 0.1) is 0 Å². The van der Waals surface area contributed by atoms with Crippen molar-refractivity contribution in [2.75, 3.05) is 0 Å². The Hall–Kier alpha value is -0.410. The number of halogens is 2. The summed E-state index contributed by atoms with van der Waals surface area (Å²) in [4.78, 5) is 0. The van der Waals surface area contributed by atoms with Crippen LogP contribution < -0.4 is 5.73 Å². The van der Waals surface area contributed by atoms with Crippen molar-refractivity contribution >= 4 is 15.9 Å². The second-order valence-corrected chi connectivity index (χ2v) is 6.25. The highest BCUT2D eigenvalue weighted by atomic mass is 79.9. The molecular formula is C15H21BrFN.